The molecule has 0 heterocycles. The van der Waals surface area contributed by atoms with Crippen LogP contribution in [0.25, 0.3) is 0 Å². The summed E-state index contributed by atoms with van der Waals surface area (Å²) in [5.41, 5.74) is 0. The van der Waals surface area contributed by atoms with Crippen LogP contribution < -0.4 is 0 Å². The number of hydrogen-bond donors (Lipinski definition) is 0. The predicted octanol–water partition coefficient (Wildman–Crippen LogP) is 1.90. The van der Waals surface area contributed by atoms with E-state index in [1.165, 1.54) is 32.1 Å². The van der Waals surface area contributed by atoms with Crippen molar-refractivity contribution in [1.29, 1.82) is 0 Å². The fraction of sp³-hybridized carbons (Fsp3) is 0.857. The summed E-state index contributed by atoms with van der Waals surface area (Å²) in [6.07, 6.45) is 6.47. The highest BCUT2D eigenvalue weighted by molar-refractivity contribution is 5.24. The van der Waals surface area contributed by atoms with Gasteiger partial charge in [-0.15, -0.1) is 0 Å². The van der Waals surface area contributed by atoms with Crippen LogP contribution in [0.5, 0.6) is 0 Å². The van der Waals surface area contributed by atoms with Gasteiger partial charge in [-0.05, 0) is 12.8 Å². The summed E-state index contributed by atoms with van der Waals surface area (Å²) in [6, 6.07) is 0.490. The van der Waals surface area contributed by atoms with Crippen molar-refractivity contribution in [2.24, 2.45) is 4.99 Å². The molecule has 0 spiro atoms. The van der Waals surface area contributed by atoms with Crippen molar-refractivity contribution in [1.82, 2.24) is 0 Å². The first-order valence-corrected chi connectivity index (χ1v) is 3.33. The van der Waals surface area contributed by atoms with Gasteiger partial charge < -0.3 is 0 Å². The Hall–Kier alpha value is -0.330. The molecule has 1 rings (SSSR count). The van der Waals surface area contributed by atoms with Crippen LogP contribution in [0, 0.1) is 0 Å². The van der Waals surface area contributed by atoms with Crippen molar-refractivity contribution in [3.8, 4) is 0 Å². The van der Waals surface area contributed by atoms with Gasteiger partial charge in [0.25, 0.3) is 0 Å². The van der Waals surface area contributed by atoms with Crippen LogP contribution >= 0.6 is 0 Å². The molecule has 0 aromatic heterocycles. The van der Waals surface area contributed by atoms with Gasteiger partial charge in [-0.2, -0.15) is 0 Å². The molecule has 1 aliphatic carbocycles. The zero-order valence-corrected chi connectivity index (χ0v) is 5.14. The Labute approximate surface area is 50.8 Å². The third-order valence-electron chi connectivity index (χ3n) is 1.79. The van der Waals surface area contributed by atoms with Gasteiger partial charge in [-0.1, -0.05) is 19.3 Å². The smallest absolute Gasteiger partial charge is 0.0500 e. The average Bonchev–Trinajstić information content (AvgIpc) is 1.90. The summed E-state index contributed by atoms with van der Waals surface area (Å²) in [7, 11) is 0. The van der Waals surface area contributed by atoms with Gasteiger partial charge in [-0.3, -0.25) is 4.99 Å². The van der Waals surface area contributed by atoms with E-state index in [9.17, 15) is 0 Å². The molecular weight excluding hydrogens is 98.1 g/mol. The lowest BCUT2D eigenvalue weighted by Gasteiger charge is -2.15. The largest absolute Gasteiger partial charge is 0.288 e. The topological polar surface area (TPSA) is 12.4 Å². The van der Waals surface area contributed by atoms with E-state index in [-0.39, 0.29) is 0 Å². The van der Waals surface area contributed by atoms with E-state index in [4.69, 9.17) is 6.72 Å². The molecule has 0 unspecified atom stereocenters. The quantitative estimate of drug-likeness (QED) is 0.457. The van der Waals surface area contributed by atoms with E-state index in [0.717, 1.165) is 0 Å². The van der Waals surface area contributed by atoms with Crippen LogP contribution in [0.1, 0.15) is 32.1 Å². The van der Waals surface area contributed by atoms with E-state index >= 15 is 0 Å². The molecule has 0 atom stereocenters. The maximum Gasteiger partial charge on any atom is 0.0500 e. The Bertz CT molecular complexity index is 72.5. The fourth-order valence-corrected chi connectivity index (χ4v) is 1.23. The first kappa shape index (κ1) is 5.80. The number of aliphatic imine (C=N–C) groups is 1. The summed E-state index contributed by atoms with van der Waals surface area (Å²) in [5.74, 6) is 0. The Kier molecular flexibility index (Phi) is 2.07. The second kappa shape index (κ2) is 2.85. The third-order valence-corrected chi connectivity index (χ3v) is 1.79. The third kappa shape index (κ3) is 1.32. The number of rotatable bonds is 1. The van der Waals surface area contributed by atoms with Crippen molar-refractivity contribution in [3.05, 3.63) is 0 Å². The first-order valence-electron chi connectivity index (χ1n) is 3.33. The van der Waals surface area contributed by atoms with Crippen LogP contribution in [-0.4, -0.2) is 12.8 Å². The molecule has 0 saturated heterocycles. The highest BCUT2D eigenvalue weighted by Crippen LogP contribution is 2.19. The second-order valence-electron chi connectivity index (χ2n) is 2.44. The summed E-state index contributed by atoms with van der Waals surface area (Å²) in [5, 5.41) is 0. The van der Waals surface area contributed by atoms with Gasteiger partial charge in [0.05, 0.1) is 0 Å². The summed E-state index contributed by atoms with van der Waals surface area (Å²) in [6.45, 7) is 5.13. The maximum absolute atomic E-state index is 5.13. The lowest BCUT2D eigenvalue weighted by atomic mass is 9.96. The second-order valence-corrected chi connectivity index (χ2v) is 2.44. The fourth-order valence-electron chi connectivity index (χ4n) is 1.23. The molecule has 0 amide bonds. The molecule has 0 bridgehead atoms. The SMILES string of the molecule is [CH]=NC1CCCCC1. The monoisotopic (exact) mass is 110 g/mol. The molecular formula is C7H12N. The van der Waals surface area contributed by atoms with Crippen molar-refractivity contribution in [3.63, 3.8) is 0 Å². The standard InChI is InChI=1S/C7H12N/c1-8-7-5-3-2-4-6-7/h1,7H,2-6H2. The lowest BCUT2D eigenvalue weighted by molar-refractivity contribution is 0.445. The molecule has 0 aliphatic heterocycles. The van der Waals surface area contributed by atoms with Crippen LogP contribution in [0.2, 0.25) is 0 Å². The highest BCUT2D eigenvalue weighted by Gasteiger charge is 2.09. The van der Waals surface area contributed by atoms with Crippen molar-refractivity contribution < 1.29 is 0 Å². The molecule has 1 radical (unpaired) electrons. The van der Waals surface area contributed by atoms with Gasteiger partial charge in [-0.25, -0.2) is 0 Å². The molecule has 0 aromatic rings. The first-order chi connectivity index (χ1) is 3.93. The van der Waals surface area contributed by atoms with E-state index < -0.39 is 0 Å². The zero-order valence-electron chi connectivity index (χ0n) is 5.14. The molecule has 0 aromatic carbocycles. The summed E-state index contributed by atoms with van der Waals surface area (Å²) >= 11 is 0. The Morgan fingerprint density at radius 1 is 1.12 bits per heavy atom. The summed E-state index contributed by atoms with van der Waals surface area (Å²) in [4.78, 5) is 3.75. The van der Waals surface area contributed by atoms with Gasteiger partial charge in [0.15, 0.2) is 0 Å². The lowest BCUT2D eigenvalue weighted by Crippen LogP contribution is -2.08. The molecule has 1 heteroatoms. The summed E-state index contributed by atoms with van der Waals surface area (Å²) < 4.78 is 0. The van der Waals surface area contributed by atoms with Crippen molar-refractivity contribution >= 4 is 6.72 Å². The molecule has 45 valence electrons. The van der Waals surface area contributed by atoms with Crippen molar-refractivity contribution in [2.45, 2.75) is 38.1 Å². The van der Waals surface area contributed by atoms with Crippen LogP contribution in [0.4, 0.5) is 0 Å². The Balaban J connectivity index is 2.22. The normalized spacial score (nSPS) is 23.0. The Morgan fingerprint density at radius 3 is 2.12 bits per heavy atom. The van der Waals surface area contributed by atoms with Gasteiger partial charge >= 0.3 is 0 Å². The van der Waals surface area contributed by atoms with E-state index in [0.29, 0.717) is 6.04 Å². The molecule has 1 fully saturated rings. The highest BCUT2D eigenvalue weighted by atomic mass is 14.7. The molecule has 8 heavy (non-hydrogen) atoms. The minimum atomic E-state index is 0.490. The Morgan fingerprint density at radius 2 is 1.75 bits per heavy atom. The minimum Gasteiger partial charge on any atom is -0.288 e. The minimum absolute atomic E-state index is 0.490. The number of nitrogens with zero attached hydrogens (tertiary/aromatic N) is 1. The van der Waals surface area contributed by atoms with Gasteiger partial charge in [0.2, 0.25) is 0 Å². The molecule has 1 nitrogen and oxygen atoms in total. The maximum atomic E-state index is 5.13. The number of hydrogen-bond acceptors (Lipinski definition) is 1. The average molecular weight is 110 g/mol. The van der Waals surface area contributed by atoms with Crippen LogP contribution in [0.3, 0.4) is 0 Å². The van der Waals surface area contributed by atoms with Crippen LogP contribution in [-0.2, 0) is 0 Å². The van der Waals surface area contributed by atoms with Gasteiger partial charge in [0, 0.05) is 12.8 Å². The van der Waals surface area contributed by atoms with Crippen molar-refractivity contribution in [2.75, 3.05) is 0 Å². The zero-order chi connectivity index (χ0) is 5.82. The van der Waals surface area contributed by atoms with Crippen LogP contribution in [0.15, 0.2) is 4.99 Å². The molecule has 1 saturated carbocycles. The van der Waals surface area contributed by atoms with E-state index in [1.54, 1.807) is 0 Å². The van der Waals surface area contributed by atoms with E-state index in [2.05, 4.69) is 4.99 Å². The van der Waals surface area contributed by atoms with E-state index in [1.807, 2.05) is 0 Å². The molecule has 0 N–H and O–H groups in total. The molecule has 1 aliphatic rings. The predicted molar refractivity (Wildman–Crippen MR) is 35.4 cm³/mol. The van der Waals surface area contributed by atoms with Gasteiger partial charge in [0.1, 0.15) is 0 Å².